The number of hydrogen-bond donors (Lipinski definition) is 1. The van der Waals surface area contributed by atoms with Gasteiger partial charge in [-0.05, 0) is 30.9 Å². The molecule has 0 aromatic carbocycles. The van der Waals surface area contributed by atoms with Crippen molar-refractivity contribution in [3.63, 3.8) is 0 Å². The predicted octanol–water partition coefficient (Wildman–Crippen LogP) is 1.93. The van der Waals surface area contributed by atoms with Crippen LogP contribution in [0.3, 0.4) is 0 Å². The number of halogens is 3. The summed E-state index contributed by atoms with van der Waals surface area (Å²) < 4.78 is 37.3. The average molecular weight is 260 g/mol. The highest BCUT2D eigenvalue weighted by molar-refractivity contribution is 5.43. The molecule has 3 nitrogen and oxygen atoms in total. The predicted molar refractivity (Wildman–Crippen MR) is 61.6 cm³/mol. The third-order valence-corrected chi connectivity index (χ3v) is 2.98. The van der Waals surface area contributed by atoms with Crippen molar-refractivity contribution in [3.8, 4) is 0 Å². The standard InChI is InChI=1S/C12H15F3N2O/c13-12(14,15)8-17(6-7-18)11-5-4-9-2-1-3-10(9)16-11/h4-5,18H,1-3,6-8H2. The monoisotopic (exact) mass is 260 g/mol. The molecular weight excluding hydrogens is 245 g/mol. The molecule has 0 bridgehead atoms. The van der Waals surface area contributed by atoms with Crippen LogP contribution in [0.1, 0.15) is 17.7 Å². The first-order valence-electron chi connectivity index (χ1n) is 5.91. The SMILES string of the molecule is OCCN(CC(F)(F)F)c1ccc2c(n1)CCC2. The van der Waals surface area contributed by atoms with E-state index in [0.717, 1.165) is 35.4 Å². The summed E-state index contributed by atoms with van der Waals surface area (Å²) in [5.41, 5.74) is 2.01. The molecule has 0 aliphatic heterocycles. The van der Waals surface area contributed by atoms with Gasteiger partial charge < -0.3 is 10.0 Å². The third-order valence-electron chi connectivity index (χ3n) is 2.98. The zero-order valence-electron chi connectivity index (χ0n) is 9.87. The molecule has 0 radical (unpaired) electrons. The Morgan fingerprint density at radius 3 is 2.72 bits per heavy atom. The number of aliphatic hydroxyl groups excluding tert-OH is 1. The third kappa shape index (κ3) is 3.13. The van der Waals surface area contributed by atoms with Crippen molar-refractivity contribution in [3.05, 3.63) is 23.4 Å². The number of alkyl halides is 3. The summed E-state index contributed by atoms with van der Waals surface area (Å²) in [5, 5.41) is 8.85. The number of nitrogens with zero attached hydrogens (tertiary/aromatic N) is 2. The summed E-state index contributed by atoms with van der Waals surface area (Å²) in [7, 11) is 0. The number of aliphatic hydroxyl groups is 1. The van der Waals surface area contributed by atoms with Gasteiger partial charge in [-0.1, -0.05) is 6.07 Å². The zero-order chi connectivity index (χ0) is 13.2. The maximum Gasteiger partial charge on any atom is 0.405 e. The van der Waals surface area contributed by atoms with Gasteiger partial charge in [0.05, 0.1) is 6.61 Å². The molecule has 1 aliphatic carbocycles. The molecule has 6 heteroatoms. The van der Waals surface area contributed by atoms with E-state index in [1.165, 1.54) is 0 Å². The highest BCUT2D eigenvalue weighted by Crippen LogP contribution is 2.25. The van der Waals surface area contributed by atoms with E-state index in [2.05, 4.69) is 4.98 Å². The fourth-order valence-electron chi connectivity index (χ4n) is 2.20. The molecular formula is C12H15F3N2O. The van der Waals surface area contributed by atoms with E-state index < -0.39 is 12.7 Å². The van der Waals surface area contributed by atoms with Gasteiger partial charge >= 0.3 is 6.18 Å². The van der Waals surface area contributed by atoms with Crippen LogP contribution in [0, 0.1) is 0 Å². The Morgan fingerprint density at radius 2 is 2.06 bits per heavy atom. The van der Waals surface area contributed by atoms with Crippen molar-refractivity contribution < 1.29 is 18.3 Å². The van der Waals surface area contributed by atoms with Gasteiger partial charge in [-0.3, -0.25) is 0 Å². The lowest BCUT2D eigenvalue weighted by molar-refractivity contribution is -0.120. The number of rotatable bonds is 4. The molecule has 100 valence electrons. The number of aromatic nitrogens is 1. The highest BCUT2D eigenvalue weighted by atomic mass is 19.4. The lowest BCUT2D eigenvalue weighted by Crippen LogP contribution is -2.36. The van der Waals surface area contributed by atoms with Crippen LogP contribution in [-0.2, 0) is 12.8 Å². The molecule has 1 aromatic heterocycles. The Morgan fingerprint density at radius 1 is 1.28 bits per heavy atom. The van der Waals surface area contributed by atoms with Crippen molar-refractivity contribution in [2.45, 2.75) is 25.4 Å². The van der Waals surface area contributed by atoms with Crippen LogP contribution in [0.25, 0.3) is 0 Å². The molecule has 2 rings (SSSR count). The van der Waals surface area contributed by atoms with Crippen molar-refractivity contribution in [1.82, 2.24) is 4.98 Å². The molecule has 1 N–H and O–H groups in total. The summed E-state index contributed by atoms with van der Waals surface area (Å²) >= 11 is 0. The van der Waals surface area contributed by atoms with E-state index in [9.17, 15) is 13.2 Å². The highest BCUT2D eigenvalue weighted by Gasteiger charge is 2.31. The second-order valence-corrected chi connectivity index (χ2v) is 4.39. The van der Waals surface area contributed by atoms with Crippen LogP contribution < -0.4 is 4.90 Å². The second-order valence-electron chi connectivity index (χ2n) is 4.39. The van der Waals surface area contributed by atoms with Gasteiger partial charge in [-0.25, -0.2) is 4.98 Å². The Labute approximate surface area is 103 Å². The normalized spacial score (nSPS) is 14.7. The van der Waals surface area contributed by atoms with Crippen LogP contribution >= 0.6 is 0 Å². The molecule has 1 aliphatic rings. The average Bonchev–Trinajstić information content (AvgIpc) is 2.73. The first-order chi connectivity index (χ1) is 8.49. The number of anilines is 1. The van der Waals surface area contributed by atoms with E-state index in [1.807, 2.05) is 6.07 Å². The number of aryl methyl sites for hydroxylation is 2. The van der Waals surface area contributed by atoms with Gasteiger partial charge in [0.25, 0.3) is 0 Å². The summed E-state index contributed by atoms with van der Waals surface area (Å²) in [6.07, 6.45) is -1.52. The van der Waals surface area contributed by atoms with Crippen molar-refractivity contribution in [2.75, 3.05) is 24.6 Å². The largest absolute Gasteiger partial charge is 0.405 e. The van der Waals surface area contributed by atoms with Crippen LogP contribution in [0.15, 0.2) is 12.1 Å². The van der Waals surface area contributed by atoms with Crippen LogP contribution in [0.5, 0.6) is 0 Å². The van der Waals surface area contributed by atoms with Gasteiger partial charge in [-0.2, -0.15) is 13.2 Å². The van der Waals surface area contributed by atoms with E-state index in [-0.39, 0.29) is 13.2 Å². The quantitative estimate of drug-likeness (QED) is 0.898. The minimum Gasteiger partial charge on any atom is -0.395 e. The zero-order valence-corrected chi connectivity index (χ0v) is 9.87. The maximum atomic E-state index is 12.4. The summed E-state index contributed by atoms with van der Waals surface area (Å²) in [4.78, 5) is 5.34. The van der Waals surface area contributed by atoms with E-state index in [1.54, 1.807) is 6.07 Å². The smallest absolute Gasteiger partial charge is 0.395 e. The molecule has 0 saturated heterocycles. The van der Waals surface area contributed by atoms with Crippen LogP contribution in [0.2, 0.25) is 0 Å². The lowest BCUT2D eigenvalue weighted by atomic mass is 10.2. The van der Waals surface area contributed by atoms with E-state index in [0.29, 0.717) is 5.82 Å². The molecule has 0 fully saturated rings. The molecule has 0 unspecified atom stereocenters. The Kier molecular flexibility index (Phi) is 3.75. The molecule has 0 spiro atoms. The van der Waals surface area contributed by atoms with Gasteiger partial charge in [0.15, 0.2) is 0 Å². The molecule has 0 saturated carbocycles. The summed E-state index contributed by atoms with van der Waals surface area (Å²) in [6.45, 7) is -1.47. The maximum absolute atomic E-state index is 12.4. The van der Waals surface area contributed by atoms with Gasteiger partial charge in [0, 0.05) is 12.2 Å². The van der Waals surface area contributed by atoms with Crippen molar-refractivity contribution >= 4 is 5.82 Å². The van der Waals surface area contributed by atoms with Crippen LogP contribution in [-0.4, -0.2) is 36.0 Å². The van der Waals surface area contributed by atoms with E-state index in [4.69, 9.17) is 5.11 Å². The number of hydrogen-bond acceptors (Lipinski definition) is 3. The van der Waals surface area contributed by atoms with Crippen molar-refractivity contribution in [2.24, 2.45) is 0 Å². The Bertz CT molecular complexity index is 420. The molecule has 1 heterocycles. The Balaban J connectivity index is 2.20. The number of fused-ring (bicyclic) bond motifs is 1. The van der Waals surface area contributed by atoms with Crippen LogP contribution in [0.4, 0.5) is 19.0 Å². The topological polar surface area (TPSA) is 36.4 Å². The molecule has 0 atom stereocenters. The number of pyridine rings is 1. The van der Waals surface area contributed by atoms with Crippen molar-refractivity contribution in [1.29, 1.82) is 0 Å². The Hall–Kier alpha value is -1.30. The molecule has 1 aromatic rings. The van der Waals surface area contributed by atoms with Gasteiger partial charge in [-0.15, -0.1) is 0 Å². The molecule has 0 amide bonds. The summed E-state index contributed by atoms with van der Waals surface area (Å²) in [5.74, 6) is 0.294. The van der Waals surface area contributed by atoms with E-state index >= 15 is 0 Å². The first kappa shape index (κ1) is 13.1. The fourth-order valence-corrected chi connectivity index (χ4v) is 2.20. The first-order valence-corrected chi connectivity index (χ1v) is 5.91. The molecule has 18 heavy (non-hydrogen) atoms. The second kappa shape index (κ2) is 5.14. The summed E-state index contributed by atoms with van der Waals surface area (Å²) in [6, 6.07) is 3.44. The lowest BCUT2D eigenvalue weighted by Gasteiger charge is -2.24. The minimum atomic E-state index is -4.30. The van der Waals surface area contributed by atoms with Gasteiger partial charge in [0.1, 0.15) is 12.4 Å². The fraction of sp³-hybridized carbons (Fsp3) is 0.583. The van der Waals surface area contributed by atoms with Gasteiger partial charge in [0.2, 0.25) is 0 Å². The minimum absolute atomic E-state index is 0.0642.